The van der Waals surface area contributed by atoms with Gasteiger partial charge in [-0.25, -0.2) is 0 Å². The Morgan fingerprint density at radius 3 is 2.30 bits per heavy atom. The highest BCUT2D eigenvalue weighted by atomic mass is 35.5. The van der Waals surface area contributed by atoms with Crippen LogP contribution < -0.4 is 10.1 Å². The van der Waals surface area contributed by atoms with Crippen LogP contribution >= 0.6 is 22.9 Å². The van der Waals surface area contributed by atoms with Gasteiger partial charge in [0.15, 0.2) is 0 Å². The highest BCUT2D eigenvalue weighted by molar-refractivity contribution is 7.21. The van der Waals surface area contributed by atoms with Crippen LogP contribution in [0, 0.1) is 0 Å². The predicted molar refractivity (Wildman–Crippen MR) is 111 cm³/mol. The van der Waals surface area contributed by atoms with E-state index in [2.05, 4.69) is 5.32 Å². The summed E-state index contributed by atoms with van der Waals surface area (Å²) in [5.41, 5.74) is 0.987. The largest absolute Gasteiger partial charge is 0.457 e. The molecule has 3 aromatic carbocycles. The van der Waals surface area contributed by atoms with Crippen molar-refractivity contribution in [1.82, 2.24) is 5.32 Å². The molecule has 1 amide bonds. The van der Waals surface area contributed by atoms with E-state index in [1.807, 2.05) is 78.9 Å². The van der Waals surface area contributed by atoms with E-state index in [1.165, 1.54) is 11.3 Å². The fourth-order valence-electron chi connectivity index (χ4n) is 2.72. The third kappa shape index (κ3) is 3.97. The highest BCUT2D eigenvalue weighted by Gasteiger charge is 2.16. The molecule has 0 aliphatic heterocycles. The number of amides is 1. The Bertz CT molecular complexity index is 1070. The van der Waals surface area contributed by atoms with Crippen LogP contribution in [-0.4, -0.2) is 5.91 Å². The molecule has 0 bridgehead atoms. The molecule has 0 aliphatic rings. The second-order valence-electron chi connectivity index (χ2n) is 5.98. The van der Waals surface area contributed by atoms with Gasteiger partial charge in [-0.05, 0) is 35.9 Å². The Kier molecular flexibility index (Phi) is 5.10. The summed E-state index contributed by atoms with van der Waals surface area (Å²) in [6, 6.07) is 25.0. The number of carbonyl (C=O) groups excluding carboxylic acids is 1. The van der Waals surface area contributed by atoms with Crippen LogP contribution in [0.25, 0.3) is 10.1 Å². The van der Waals surface area contributed by atoms with Crippen molar-refractivity contribution < 1.29 is 9.53 Å². The third-order valence-electron chi connectivity index (χ3n) is 4.10. The number of ether oxygens (including phenoxy) is 1. The van der Waals surface area contributed by atoms with Crippen LogP contribution in [-0.2, 0) is 6.54 Å². The maximum atomic E-state index is 12.5. The maximum Gasteiger partial charge on any atom is 0.263 e. The van der Waals surface area contributed by atoms with E-state index in [1.54, 1.807) is 0 Å². The summed E-state index contributed by atoms with van der Waals surface area (Å²) in [5.74, 6) is 1.38. The van der Waals surface area contributed by atoms with Crippen LogP contribution in [0.5, 0.6) is 11.5 Å². The van der Waals surface area contributed by atoms with Gasteiger partial charge in [0, 0.05) is 16.6 Å². The Balaban J connectivity index is 1.40. The lowest BCUT2D eigenvalue weighted by molar-refractivity contribution is 0.0955. The highest BCUT2D eigenvalue weighted by Crippen LogP contribution is 2.35. The number of thiophene rings is 1. The van der Waals surface area contributed by atoms with Crippen LogP contribution in [0.1, 0.15) is 15.2 Å². The minimum atomic E-state index is -0.161. The zero-order valence-corrected chi connectivity index (χ0v) is 15.9. The molecule has 0 fully saturated rings. The van der Waals surface area contributed by atoms with E-state index >= 15 is 0 Å². The Morgan fingerprint density at radius 1 is 0.889 bits per heavy atom. The maximum absolute atomic E-state index is 12.5. The quantitative estimate of drug-likeness (QED) is 0.433. The van der Waals surface area contributed by atoms with E-state index in [4.69, 9.17) is 16.3 Å². The van der Waals surface area contributed by atoms with Crippen molar-refractivity contribution in [2.24, 2.45) is 0 Å². The van der Waals surface area contributed by atoms with Gasteiger partial charge >= 0.3 is 0 Å². The number of hydrogen-bond donors (Lipinski definition) is 1. The predicted octanol–water partition coefficient (Wildman–Crippen LogP) is 6.28. The average molecular weight is 394 g/mol. The monoisotopic (exact) mass is 393 g/mol. The lowest BCUT2D eigenvalue weighted by Gasteiger charge is -2.07. The normalized spacial score (nSPS) is 10.7. The summed E-state index contributed by atoms with van der Waals surface area (Å²) in [5, 5.41) is 4.36. The summed E-state index contributed by atoms with van der Waals surface area (Å²) >= 11 is 7.77. The Labute approximate surface area is 166 Å². The second kappa shape index (κ2) is 7.82. The summed E-state index contributed by atoms with van der Waals surface area (Å²) in [6.45, 7) is 0.426. The number of para-hydroxylation sites is 1. The molecule has 4 rings (SSSR count). The van der Waals surface area contributed by atoms with Crippen molar-refractivity contribution in [2.45, 2.75) is 6.54 Å². The SMILES string of the molecule is O=C(NCc1ccc(Oc2ccccc2)cc1)c1sc2ccccc2c1Cl. The molecule has 0 radical (unpaired) electrons. The van der Waals surface area contributed by atoms with Crippen LogP contribution in [0.2, 0.25) is 5.02 Å². The van der Waals surface area contributed by atoms with Gasteiger partial charge in [0.1, 0.15) is 16.4 Å². The molecule has 27 heavy (non-hydrogen) atoms. The molecular weight excluding hydrogens is 378 g/mol. The first-order valence-electron chi connectivity index (χ1n) is 8.48. The van der Waals surface area contributed by atoms with E-state index in [0.29, 0.717) is 16.4 Å². The zero-order valence-electron chi connectivity index (χ0n) is 14.3. The van der Waals surface area contributed by atoms with Crippen molar-refractivity contribution in [1.29, 1.82) is 0 Å². The molecule has 1 heterocycles. The topological polar surface area (TPSA) is 38.3 Å². The van der Waals surface area contributed by atoms with E-state index in [9.17, 15) is 4.79 Å². The average Bonchev–Trinajstić information content (AvgIpc) is 3.05. The molecule has 5 heteroatoms. The smallest absolute Gasteiger partial charge is 0.263 e. The number of fused-ring (bicyclic) bond motifs is 1. The first-order valence-corrected chi connectivity index (χ1v) is 9.67. The minimum absolute atomic E-state index is 0.161. The molecule has 4 aromatic rings. The summed E-state index contributed by atoms with van der Waals surface area (Å²) in [6.07, 6.45) is 0. The molecule has 0 atom stereocenters. The van der Waals surface area contributed by atoms with Crippen molar-refractivity contribution >= 4 is 38.9 Å². The van der Waals surface area contributed by atoms with Gasteiger partial charge in [0.25, 0.3) is 5.91 Å². The van der Waals surface area contributed by atoms with Gasteiger partial charge in [-0.15, -0.1) is 11.3 Å². The Morgan fingerprint density at radius 2 is 1.56 bits per heavy atom. The minimum Gasteiger partial charge on any atom is -0.457 e. The molecule has 0 saturated heterocycles. The van der Waals surface area contributed by atoms with Crippen molar-refractivity contribution in [3.8, 4) is 11.5 Å². The number of nitrogens with one attached hydrogen (secondary N) is 1. The van der Waals surface area contributed by atoms with Gasteiger partial charge < -0.3 is 10.1 Å². The third-order valence-corrected chi connectivity index (χ3v) is 5.77. The molecule has 0 spiro atoms. The summed E-state index contributed by atoms with van der Waals surface area (Å²) < 4.78 is 6.78. The molecular formula is C22H16ClNO2S. The van der Waals surface area contributed by atoms with Gasteiger partial charge in [-0.1, -0.05) is 60.1 Å². The summed E-state index contributed by atoms with van der Waals surface area (Å²) in [7, 11) is 0. The van der Waals surface area contributed by atoms with E-state index < -0.39 is 0 Å². The van der Waals surface area contributed by atoms with Gasteiger partial charge in [0.2, 0.25) is 0 Å². The molecule has 3 nitrogen and oxygen atoms in total. The number of carbonyl (C=O) groups is 1. The standard InChI is InChI=1S/C22H16ClNO2S/c23-20-18-8-4-5-9-19(18)27-21(20)22(25)24-14-15-10-12-17(13-11-15)26-16-6-2-1-3-7-16/h1-13H,14H2,(H,24,25). The molecule has 0 saturated carbocycles. The fourth-order valence-corrected chi connectivity index (χ4v) is 4.16. The lowest BCUT2D eigenvalue weighted by Crippen LogP contribution is -2.22. The number of halogens is 1. The molecule has 0 unspecified atom stereocenters. The molecule has 134 valence electrons. The number of hydrogen-bond acceptors (Lipinski definition) is 3. The molecule has 0 aliphatic carbocycles. The van der Waals surface area contributed by atoms with Crippen molar-refractivity contribution in [3.63, 3.8) is 0 Å². The Hall–Kier alpha value is -2.82. The number of benzene rings is 3. The van der Waals surface area contributed by atoms with Gasteiger partial charge in [-0.2, -0.15) is 0 Å². The fraction of sp³-hybridized carbons (Fsp3) is 0.0455. The lowest BCUT2D eigenvalue weighted by atomic mass is 10.2. The van der Waals surface area contributed by atoms with Gasteiger partial charge in [-0.3, -0.25) is 4.79 Å². The first-order chi connectivity index (χ1) is 13.2. The van der Waals surface area contributed by atoms with Gasteiger partial charge in [0.05, 0.1) is 5.02 Å². The van der Waals surface area contributed by atoms with Crippen LogP contribution in [0.3, 0.4) is 0 Å². The van der Waals surface area contributed by atoms with Crippen molar-refractivity contribution in [2.75, 3.05) is 0 Å². The number of rotatable bonds is 5. The zero-order chi connectivity index (χ0) is 18.6. The second-order valence-corrected chi connectivity index (χ2v) is 7.41. The van der Waals surface area contributed by atoms with E-state index in [0.717, 1.165) is 27.1 Å². The molecule has 1 aromatic heterocycles. The van der Waals surface area contributed by atoms with Crippen LogP contribution in [0.4, 0.5) is 0 Å². The van der Waals surface area contributed by atoms with Crippen molar-refractivity contribution in [3.05, 3.63) is 94.3 Å². The molecule has 1 N–H and O–H groups in total. The summed E-state index contributed by atoms with van der Waals surface area (Å²) in [4.78, 5) is 13.1. The first kappa shape index (κ1) is 17.6. The van der Waals surface area contributed by atoms with Crippen LogP contribution in [0.15, 0.2) is 78.9 Å². The van der Waals surface area contributed by atoms with E-state index in [-0.39, 0.29) is 5.91 Å².